The summed E-state index contributed by atoms with van der Waals surface area (Å²) in [5.41, 5.74) is 0. The fourth-order valence-corrected chi connectivity index (χ4v) is 5.26. The summed E-state index contributed by atoms with van der Waals surface area (Å²) in [5, 5.41) is 17.5. The molecule has 21 heavy (non-hydrogen) atoms. The number of carboxylic acids is 1. The van der Waals surface area contributed by atoms with Crippen LogP contribution in [0.25, 0.3) is 0 Å². The second-order valence-corrected chi connectivity index (χ2v) is 7.71. The average Bonchev–Trinajstić information content (AvgIpc) is 2.87. The van der Waals surface area contributed by atoms with Gasteiger partial charge in [0.25, 0.3) is 0 Å². The zero-order valence-corrected chi connectivity index (χ0v) is 14.3. The SMILES string of the molecule is C[C@@]1(Cn2ccnn2)[C@@H](C(=O)[O-])N2C(=O)C[C@@H]2S1(=O)=O.[Na+]. The first kappa shape index (κ1) is 16.4. The third-order valence-electron chi connectivity index (χ3n) is 3.98. The van der Waals surface area contributed by atoms with Crippen molar-refractivity contribution >= 4 is 21.7 Å². The van der Waals surface area contributed by atoms with Crippen LogP contribution in [0.3, 0.4) is 0 Å². The van der Waals surface area contributed by atoms with Crippen LogP contribution in [0.4, 0.5) is 0 Å². The first-order valence-corrected chi connectivity index (χ1v) is 7.43. The first-order valence-electron chi connectivity index (χ1n) is 5.88. The molecule has 2 fully saturated rings. The molecule has 0 aliphatic carbocycles. The van der Waals surface area contributed by atoms with Gasteiger partial charge in [-0.25, -0.2) is 8.42 Å². The Morgan fingerprint density at radius 3 is 2.71 bits per heavy atom. The maximum absolute atomic E-state index is 12.5. The molecular weight excluding hydrogens is 311 g/mol. The Morgan fingerprint density at radius 2 is 2.24 bits per heavy atom. The first-order chi connectivity index (χ1) is 9.29. The summed E-state index contributed by atoms with van der Waals surface area (Å²) in [5.74, 6) is -2.07. The van der Waals surface area contributed by atoms with Gasteiger partial charge in [0.2, 0.25) is 5.91 Å². The van der Waals surface area contributed by atoms with Gasteiger partial charge in [0, 0.05) is 6.20 Å². The molecule has 2 aliphatic rings. The number of β-lactam (4-membered cyclic amide) rings is 1. The van der Waals surface area contributed by atoms with Crippen LogP contribution >= 0.6 is 0 Å². The van der Waals surface area contributed by atoms with E-state index in [2.05, 4.69) is 10.3 Å². The van der Waals surface area contributed by atoms with Crippen LogP contribution in [0.1, 0.15) is 13.3 Å². The van der Waals surface area contributed by atoms with Gasteiger partial charge < -0.3 is 14.8 Å². The maximum atomic E-state index is 12.5. The molecule has 1 aromatic rings. The van der Waals surface area contributed by atoms with Gasteiger partial charge in [-0.3, -0.25) is 9.48 Å². The van der Waals surface area contributed by atoms with Crippen molar-refractivity contribution in [2.75, 3.05) is 0 Å². The van der Waals surface area contributed by atoms with Crippen molar-refractivity contribution in [3.8, 4) is 0 Å². The largest absolute Gasteiger partial charge is 1.00 e. The molecule has 0 saturated carbocycles. The third-order valence-corrected chi connectivity index (χ3v) is 6.75. The van der Waals surface area contributed by atoms with Gasteiger partial charge in [0.05, 0.1) is 31.2 Å². The van der Waals surface area contributed by atoms with E-state index in [0.717, 1.165) is 4.90 Å². The number of carbonyl (C=O) groups is 2. The number of sulfone groups is 1. The molecule has 0 radical (unpaired) electrons. The fraction of sp³-hybridized carbons (Fsp3) is 0.600. The molecule has 1 aromatic heterocycles. The van der Waals surface area contributed by atoms with Gasteiger partial charge in [-0.1, -0.05) is 5.21 Å². The molecule has 9 nitrogen and oxygen atoms in total. The molecule has 0 bridgehead atoms. The van der Waals surface area contributed by atoms with Crippen molar-refractivity contribution in [1.82, 2.24) is 19.9 Å². The van der Waals surface area contributed by atoms with Crippen LogP contribution in [0, 0.1) is 0 Å². The second-order valence-electron chi connectivity index (χ2n) is 5.14. The molecule has 0 N–H and O–H groups in total. The molecule has 2 saturated heterocycles. The quantitative estimate of drug-likeness (QED) is 0.401. The number of rotatable bonds is 3. The van der Waals surface area contributed by atoms with Gasteiger partial charge in [-0.15, -0.1) is 5.10 Å². The number of carboxylic acid groups (broad SMARTS) is 1. The van der Waals surface area contributed by atoms with Crippen molar-refractivity contribution < 1.29 is 52.7 Å². The molecule has 0 aromatic carbocycles. The van der Waals surface area contributed by atoms with Gasteiger partial charge in [-0.2, -0.15) is 0 Å². The Kier molecular flexibility index (Phi) is 3.94. The maximum Gasteiger partial charge on any atom is 1.00 e. The van der Waals surface area contributed by atoms with Crippen molar-refractivity contribution in [2.24, 2.45) is 0 Å². The summed E-state index contributed by atoms with van der Waals surface area (Å²) >= 11 is 0. The van der Waals surface area contributed by atoms with E-state index >= 15 is 0 Å². The number of fused-ring (bicyclic) bond motifs is 1. The zero-order chi connectivity index (χ0) is 14.7. The number of aliphatic carboxylic acids is 1. The van der Waals surface area contributed by atoms with E-state index in [1.165, 1.54) is 24.0 Å². The average molecular weight is 322 g/mol. The monoisotopic (exact) mass is 322 g/mol. The number of hydrogen-bond acceptors (Lipinski definition) is 7. The predicted octanol–water partition coefficient (Wildman–Crippen LogP) is -5.85. The Labute approximate surface area is 142 Å². The predicted molar refractivity (Wildman–Crippen MR) is 61.4 cm³/mol. The number of aromatic nitrogens is 3. The Morgan fingerprint density at radius 1 is 1.57 bits per heavy atom. The summed E-state index contributed by atoms with van der Waals surface area (Å²) in [6.45, 7) is 1.10. The molecule has 3 rings (SSSR count). The number of amides is 1. The number of carbonyl (C=O) groups excluding carboxylic acids is 2. The second kappa shape index (κ2) is 5.04. The molecule has 0 spiro atoms. The fourth-order valence-electron chi connectivity index (χ4n) is 2.91. The Bertz CT molecular complexity index is 690. The van der Waals surface area contributed by atoms with Crippen LogP contribution < -0.4 is 34.7 Å². The molecule has 3 heterocycles. The Balaban J connectivity index is 0.00000161. The van der Waals surface area contributed by atoms with Crippen LogP contribution in [0.15, 0.2) is 12.4 Å². The smallest absolute Gasteiger partial charge is 0.548 e. The van der Waals surface area contributed by atoms with Crippen molar-refractivity contribution in [2.45, 2.75) is 36.1 Å². The Hall–Kier alpha value is -0.970. The van der Waals surface area contributed by atoms with Crippen LogP contribution in [0.5, 0.6) is 0 Å². The molecule has 3 atom stereocenters. The summed E-state index contributed by atoms with van der Waals surface area (Å²) < 4.78 is 24.6. The standard InChI is InChI=1S/C10H12N4O5S.Na/c1-10(5-13-3-2-11-12-13)8(9(16)17)14-6(15)4-7(14)20(10,18)19;/h2-3,7-8H,4-5H2,1H3,(H,16,17);/q;+1/p-1/t7-,8+,10+;/m0./s1. The van der Waals surface area contributed by atoms with Gasteiger partial charge >= 0.3 is 29.6 Å². The summed E-state index contributed by atoms with van der Waals surface area (Å²) in [6.07, 6.45) is 2.61. The zero-order valence-electron chi connectivity index (χ0n) is 11.5. The molecule has 0 unspecified atom stereocenters. The van der Waals surface area contributed by atoms with E-state index in [4.69, 9.17) is 0 Å². The van der Waals surface area contributed by atoms with Crippen molar-refractivity contribution in [1.29, 1.82) is 0 Å². The molecule has 1 amide bonds. The van der Waals surface area contributed by atoms with Crippen molar-refractivity contribution in [3.63, 3.8) is 0 Å². The molecule has 2 aliphatic heterocycles. The van der Waals surface area contributed by atoms with Crippen LogP contribution in [0.2, 0.25) is 0 Å². The van der Waals surface area contributed by atoms with Gasteiger partial charge in [0.1, 0.15) is 10.1 Å². The molecule has 108 valence electrons. The number of nitrogens with zero attached hydrogens (tertiary/aromatic N) is 4. The van der Waals surface area contributed by atoms with Crippen molar-refractivity contribution in [3.05, 3.63) is 12.4 Å². The number of hydrogen-bond donors (Lipinski definition) is 0. The van der Waals surface area contributed by atoms with E-state index in [9.17, 15) is 23.1 Å². The normalized spacial score (nSPS) is 33.0. The summed E-state index contributed by atoms with van der Waals surface area (Å²) in [6, 6.07) is -1.51. The van der Waals surface area contributed by atoms with E-state index in [1.54, 1.807) is 0 Å². The van der Waals surface area contributed by atoms with E-state index < -0.39 is 37.9 Å². The van der Waals surface area contributed by atoms with Gasteiger partial charge in [0.15, 0.2) is 9.84 Å². The minimum absolute atomic E-state index is 0. The minimum atomic E-state index is -3.84. The van der Waals surface area contributed by atoms with E-state index in [-0.39, 0.29) is 42.5 Å². The topological polar surface area (TPSA) is 125 Å². The molecular formula is C10H11N4NaO5S. The molecule has 11 heteroatoms. The minimum Gasteiger partial charge on any atom is -0.548 e. The summed E-state index contributed by atoms with van der Waals surface area (Å²) in [7, 11) is -3.84. The van der Waals surface area contributed by atoms with Gasteiger partial charge in [-0.05, 0) is 6.92 Å². The van der Waals surface area contributed by atoms with E-state index in [0.29, 0.717) is 0 Å². The van der Waals surface area contributed by atoms with Crippen LogP contribution in [-0.2, 0) is 26.0 Å². The van der Waals surface area contributed by atoms with Crippen LogP contribution in [-0.4, -0.2) is 56.4 Å². The third kappa shape index (κ3) is 2.04. The van der Waals surface area contributed by atoms with E-state index in [1.807, 2.05) is 0 Å². The summed E-state index contributed by atoms with van der Waals surface area (Å²) in [4.78, 5) is 23.8.